The summed E-state index contributed by atoms with van der Waals surface area (Å²) in [7, 11) is 0. The van der Waals surface area contributed by atoms with Crippen molar-refractivity contribution in [2.75, 3.05) is 45.9 Å². The van der Waals surface area contributed by atoms with Gasteiger partial charge < -0.3 is 21.1 Å². The number of hydrogen-bond acceptors (Lipinski definition) is 5. The Labute approximate surface area is 142 Å². The number of nitrogens with one attached hydrogen (secondary N) is 2. The standard InChI is InChI=1S/C17H26N4O3/c1-13-2-4-14(5-3-13)15(21-6-8-24-9-7-21)11-19-17(23)12-20-16(22)10-18/h2-5,15H,6-12,18H2,1H3,(H,19,23)(H,20,22). The van der Waals surface area contributed by atoms with Crippen LogP contribution in [0.2, 0.25) is 0 Å². The van der Waals surface area contributed by atoms with E-state index in [9.17, 15) is 9.59 Å². The summed E-state index contributed by atoms with van der Waals surface area (Å²) in [6, 6.07) is 8.43. The molecule has 7 heteroatoms. The predicted molar refractivity (Wildman–Crippen MR) is 91.4 cm³/mol. The summed E-state index contributed by atoms with van der Waals surface area (Å²) in [5.74, 6) is -0.560. The molecule has 0 radical (unpaired) electrons. The van der Waals surface area contributed by atoms with Crippen LogP contribution in [-0.4, -0.2) is 62.7 Å². The summed E-state index contributed by atoms with van der Waals surface area (Å²) in [6.07, 6.45) is 0. The Bertz CT molecular complexity index is 541. The average Bonchev–Trinajstić information content (AvgIpc) is 2.62. The molecule has 1 aromatic carbocycles. The molecule has 2 amide bonds. The molecule has 1 unspecified atom stereocenters. The molecule has 7 nitrogen and oxygen atoms in total. The third kappa shape index (κ3) is 5.59. The topological polar surface area (TPSA) is 96.7 Å². The van der Waals surface area contributed by atoms with Crippen LogP contribution in [0.5, 0.6) is 0 Å². The quantitative estimate of drug-likeness (QED) is 0.628. The Kier molecular flexibility index (Phi) is 7.17. The van der Waals surface area contributed by atoms with Gasteiger partial charge in [-0.1, -0.05) is 29.8 Å². The number of carbonyl (C=O) groups is 2. The first kappa shape index (κ1) is 18.4. The van der Waals surface area contributed by atoms with Gasteiger partial charge in [-0.25, -0.2) is 0 Å². The first-order valence-electron chi connectivity index (χ1n) is 8.22. The van der Waals surface area contributed by atoms with E-state index >= 15 is 0 Å². The maximum absolute atomic E-state index is 11.9. The minimum absolute atomic E-state index is 0.0558. The number of aryl methyl sites for hydroxylation is 1. The fourth-order valence-electron chi connectivity index (χ4n) is 2.66. The van der Waals surface area contributed by atoms with Crippen LogP contribution in [-0.2, 0) is 14.3 Å². The van der Waals surface area contributed by atoms with Crippen LogP contribution in [0.15, 0.2) is 24.3 Å². The number of nitrogens with two attached hydrogens (primary N) is 1. The van der Waals surface area contributed by atoms with Crippen molar-refractivity contribution in [1.82, 2.24) is 15.5 Å². The van der Waals surface area contributed by atoms with E-state index in [4.69, 9.17) is 10.5 Å². The van der Waals surface area contributed by atoms with Crippen molar-refractivity contribution in [1.29, 1.82) is 0 Å². The molecular formula is C17H26N4O3. The molecule has 1 atom stereocenters. The largest absolute Gasteiger partial charge is 0.379 e. The normalized spacial score (nSPS) is 16.4. The van der Waals surface area contributed by atoms with E-state index in [1.165, 1.54) is 5.56 Å². The zero-order chi connectivity index (χ0) is 17.4. The number of amides is 2. The Morgan fingerprint density at radius 3 is 2.46 bits per heavy atom. The van der Waals surface area contributed by atoms with Crippen LogP contribution >= 0.6 is 0 Å². The van der Waals surface area contributed by atoms with Crippen molar-refractivity contribution in [3.05, 3.63) is 35.4 Å². The molecule has 0 aromatic heterocycles. The maximum atomic E-state index is 11.9. The molecule has 1 saturated heterocycles. The van der Waals surface area contributed by atoms with Crippen LogP contribution in [0, 0.1) is 6.92 Å². The van der Waals surface area contributed by atoms with Gasteiger partial charge in [-0.3, -0.25) is 14.5 Å². The van der Waals surface area contributed by atoms with Crippen molar-refractivity contribution in [3.8, 4) is 0 Å². The zero-order valence-electron chi connectivity index (χ0n) is 14.1. The third-order valence-corrected chi connectivity index (χ3v) is 4.07. The lowest BCUT2D eigenvalue weighted by atomic mass is 10.0. The lowest BCUT2D eigenvalue weighted by molar-refractivity contribution is -0.125. The summed E-state index contributed by atoms with van der Waals surface area (Å²) in [5.41, 5.74) is 7.57. The molecule has 0 spiro atoms. The minimum atomic E-state index is -0.339. The molecule has 24 heavy (non-hydrogen) atoms. The Balaban J connectivity index is 1.96. The summed E-state index contributed by atoms with van der Waals surface area (Å²) in [6.45, 7) is 5.42. The van der Waals surface area contributed by atoms with Crippen LogP contribution < -0.4 is 16.4 Å². The number of benzene rings is 1. The molecular weight excluding hydrogens is 308 g/mol. The van der Waals surface area contributed by atoms with E-state index in [-0.39, 0.29) is 30.9 Å². The smallest absolute Gasteiger partial charge is 0.239 e. The molecule has 1 aromatic rings. The van der Waals surface area contributed by atoms with Gasteiger partial charge in [-0.15, -0.1) is 0 Å². The molecule has 2 rings (SSSR count). The number of morpholine rings is 1. The Hall–Kier alpha value is -1.96. The third-order valence-electron chi connectivity index (χ3n) is 4.07. The molecule has 132 valence electrons. The van der Waals surface area contributed by atoms with Gasteiger partial charge in [0, 0.05) is 19.6 Å². The van der Waals surface area contributed by atoms with Crippen LogP contribution in [0.1, 0.15) is 17.2 Å². The Morgan fingerprint density at radius 1 is 1.17 bits per heavy atom. The molecule has 0 bridgehead atoms. The first-order valence-corrected chi connectivity index (χ1v) is 8.22. The van der Waals surface area contributed by atoms with Crippen molar-refractivity contribution in [2.24, 2.45) is 5.73 Å². The summed E-state index contributed by atoms with van der Waals surface area (Å²) < 4.78 is 5.42. The van der Waals surface area contributed by atoms with E-state index in [0.29, 0.717) is 19.8 Å². The highest BCUT2D eigenvalue weighted by Crippen LogP contribution is 2.21. The number of carbonyl (C=O) groups excluding carboxylic acids is 2. The molecule has 1 heterocycles. The lowest BCUT2D eigenvalue weighted by Crippen LogP contribution is -2.46. The van der Waals surface area contributed by atoms with E-state index in [1.54, 1.807) is 0 Å². The van der Waals surface area contributed by atoms with Gasteiger partial charge in [0.25, 0.3) is 0 Å². The Morgan fingerprint density at radius 2 is 1.83 bits per heavy atom. The van der Waals surface area contributed by atoms with Gasteiger partial charge in [-0.2, -0.15) is 0 Å². The number of rotatable bonds is 7. The van der Waals surface area contributed by atoms with Crippen molar-refractivity contribution >= 4 is 11.8 Å². The molecule has 0 saturated carbocycles. The van der Waals surface area contributed by atoms with Gasteiger partial charge in [0.2, 0.25) is 11.8 Å². The van der Waals surface area contributed by atoms with Crippen molar-refractivity contribution < 1.29 is 14.3 Å². The fourth-order valence-corrected chi connectivity index (χ4v) is 2.66. The molecule has 4 N–H and O–H groups in total. The van der Waals surface area contributed by atoms with Crippen LogP contribution in [0.4, 0.5) is 0 Å². The highest BCUT2D eigenvalue weighted by Gasteiger charge is 2.23. The van der Waals surface area contributed by atoms with Crippen LogP contribution in [0.3, 0.4) is 0 Å². The monoisotopic (exact) mass is 334 g/mol. The predicted octanol–water partition coefficient (Wildman–Crippen LogP) is -0.441. The van der Waals surface area contributed by atoms with E-state index in [2.05, 4.69) is 46.7 Å². The summed E-state index contributed by atoms with van der Waals surface area (Å²) >= 11 is 0. The lowest BCUT2D eigenvalue weighted by Gasteiger charge is -2.35. The second-order valence-corrected chi connectivity index (χ2v) is 5.86. The zero-order valence-corrected chi connectivity index (χ0v) is 14.1. The van der Waals surface area contributed by atoms with Gasteiger partial charge in [0.05, 0.1) is 32.3 Å². The summed E-state index contributed by atoms with van der Waals surface area (Å²) in [4.78, 5) is 25.4. The van der Waals surface area contributed by atoms with Gasteiger partial charge in [0.15, 0.2) is 0 Å². The van der Waals surface area contributed by atoms with Crippen molar-refractivity contribution in [2.45, 2.75) is 13.0 Å². The first-order chi connectivity index (χ1) is 11.6. The minimum Gasteiger partial charge on any atom is -0.379 e. The number of hydrogen-bond donors (Lipinski definition) is 3. The maximum Gasteiger partial charge on any atom is 0.239 e. The number of nitrogens with zero attached hydrogens (tertiary/aromatic N) is 1. The molecule has 1 aliphatic heterocycles. The van der Waals surface area contributed by atoms with Crippen molar-refractivity contribution in [3.63, 3.8) is 0 Å². The molecule has 1 aliphatic rings. The van der Waals surface area contributed by atoms with E-state index in [1.807, 2.05) is 0 Å². The fraction of sp³-hybridized carbons (Fsp3) is 0.529. The highest BCUT2D eigenvalue weighted by atomic mass is 16.5. The van der Waals surface area contributed by atoms with E-state index in [0.717, 1.165) is 18.7 Å². The SMILES string of the molecule is Cc1ccc(C(CNC(=O)CNC(=O)CN)N2CCOCC2)cc1. The second-order valence-electron chi connectivity index (χ2n) is 5.86. The van der Waals surface area contributed by atoms with Gasteiger partial charge >= 0.3 is 0 Å². The van der Waals surface area contributed by atoms with E-state index < -0.39 is 0 Å². The highest BCUT2D eigenvalue weighted by molar-refractivity contribution is 5.85. The van der Waals surface area contributed by atoms with Gasteiger partial charge in [0.1, 0.15) is 0 Å². The summed E-state index contributed by atoms with van der Waals surface area (Å²) in [5, 5.41) is 5.37. The second kappa shape index (κ2) is 9.36. The van der Waals surface area contributed by atoms with Gasteiger partial charge in [-0.05, 0) is 12.5 Å². The number of ether oxygens (including phenoxy) is 1. The molecule has 1 fully saturated rings. The average molecular weight is 334 g/mol. The van der Waals surface area contributed by atoms with Crippen LogP contribution in [0.25, 0.3) is 0 Å². The molecule has 0 aliphatic carbocycles.